The smallest absolute Gasteiger partial charge is 0.261 e. The predicted octanol–water partition coefficient (Wildman–Crippen LogP) is 3.28. The summed E-state index contributed by atoms with van der Waals surface area (Å²) in [6.45, 7) is 0.454. The molecule has 1 N–H and O–H groups in total. The minimum atomic E-state index is -0.221. The van der Waals surface area contributed by atoms with E-state index >= 15 is 0 Å². The number of nitrogens with zero attached hydrogens (tertiary/aromatic N) is 3. The lowest BCUT2D eigenvalue weighted by molar-refractivity contribution is -0.116. The summed E-state index contributed by atoms with van der Waals surface area (Å²) in [7, 11) is 0. The number of anilines is 1. The first-order chi connectivity index (χ1) is 14.7. The molecule has 0 saturated heterocycles. The molecule has 0 aliphatic carbocycles. The zero-order chi connectivity index (χ0) is 20.5. The van der Waals surface area contributed by atoms with Gasteiger partial charge in [0.15, 0.2) is 16.6 Å². The van der Waals surface area contributed by atoms with Crippen LogP contribution in [-0.4, -0.2) is 27.2 Å². The van der Waals surface area contributed by atoms with E-state index in [1.807, 2.05) is 29.6 Å². The average molecular weight is 420 g/mol. The molecule has 2 aromatic carbocycles. The first-order valence-electron chi connectivity index (χ1n) is 9.27. The van der Waals surface area contributed by atoms with Crippen LogP contribution in [0.25, 0.3) is 22.2 Å². The van der Waals surface area contributed by atoms with Gasteiger partial charge in [-0.2, -0.15) is 0 Å². The number of fused-ring (bicyclic) bond motifs is 2. The topological polar surface area (TPSA) is 95.3 Å². The number of ether oxygens (including phenoxy) is 2. The number of aromatic nitrogens is 3. The lowest BCUT2D eigenvalue weighted by Gasteiger charge is -2.06. The molecular formula is C21H16N4O4S. The molecule has 9 heteroatoms. The SMILES string of the molecule is O=C(CCn1cnc2ccccc2c1=O)Nc1nc(-c2ccc3c(c2)OCO3)cs1. The Morgan fingerprint density at radius 3 is 2.97 bits per heavy atom. The summed E-state index contributed by atoms with van der Waals surface area (Å²) < 4.78 is 12.2. The molecule has 0 unspecified atom stereocenters. The lowest BCUT2D eigenvalue weighted by atomic mass is 10.1. The quantitative estimate of drug-likeness (QED) is 0.532. The normalized spacial score (nSPS) is 12.3. The minimum absolute atomic E-state index is 0.138. The van der Waals surface area contributed by atoms with E-state index in [2.05, 4.69) is 15.3 Å². The van der Waals surface area contributed by atoms with Gasteiger partial charge >= 0.3 is 0 Å². The summed E-state index contributed by atoms with van der Waals surface area (Å²) in [5.41, 5.74) is 2.10. The molecule has 0 saturated carbocycles. The highest BCUT2D eigenvalue weighted by Gasteiger charge is 2.15. The van der Waals surface area contributed by atoms with Gasteiger partial charge in [-0.15, -0.1) is 11.3 Å². The first-order valence-corrected chi connectivity index (χ1v) is 10.1. The number of benzene rings is 2. The Morgan fingerprint density at radius 2 is 2.03 bits per heavy atom. The fourth-order valence-electron chi connectivity index (χ4n) is 3.19. The molecule has 5 rings (SSSR count). The second-order valence-corrected chi connectivity index (χ2v) is 7.52. The summed E-state index contributed by atoms with van der Waals surface area (Å²) in [5.74, 6) is 1.17. The Labute approximate surface area is 174 Å². The Balaban J connectivity index is 1.24. The Hall–Kier alpha value is -3.72. The van der Waals surface area contributed by atoms with E-state index in [0.29, 0.717) is 27.5 Å². The van der Waals surface area contributed by atoms with Crippen molar-refractivity contribution < 1.29 is 14.3 Å². The number of hydrogen-bond donors (Lipinski definition) is 1. The van der Waals surface area contributed by atoms with Crippen LogP contribution in [0.1, 0.15) is 6.42 Å². The Bertz CT molecular complexity index is 1310. The highest BCUT2D eigenvalue weighted by atomic mass is 32.1. The first kappa shape index (κ1) is 18.3. The molecule has 0 atom stereocenters. The van der Waals surface area contributed by atoms with Crippen LogP contribution in [0.15, 0.2) is 59.0 Å². The summed E-state index contributed by atoms with van der Waals surface area (Å²) in [6.07, 6.45) is 1.61. The van der Waals surface area contributed by atoms with Crippen LogP contribution < -0.4 is 20.3 Å². The highest BCUT2D eigenvalue weighted by Crippen LogP contribution is 2.36. The second-order valence-electron chi connectivity index (χ2n) is 6.66. The molecule has 1 aliphatic heterocycles. The van der Waals surface area contributed by atoms with Gasteiger partial charge in [-0.05, 0) is 30.3 Å². The second kappa shape index (κ2) is 7.60. The molecule has 0 radical (unpaired) electrons. The third-order valence-corrected chi connectivity index (χ3v) is 5.49. The standard InChI is InChI=1S/C21H16N4O4S/c26-19(7-8-25-11-22-15-4-2-1-3-14(15)20(25)27)24-21-23-16(10-30-21)13-5-6-17-18(9-13)29-12-28-17/h1-6,9-11H,7-8,12H2,(H,23,24,26). The maximum absolute atomic E-state index is 12.5. The van der Waals surface area contributed by atoms with Crippen molar-refractivity contribution in [3.63, 3.8) is 0 Å². The van der Waals surface area contributed by atoms with E-state index in [4.69, 9.17) is 9.47 Å². The van der Waals surface area contributed by atoms with Crippen molar-refractivity contribution in [2.45, 2.75) is 13.0 Å². The molecular weight excluding hydrogens is 404 g/mol. The van der Waals surface area contributed by atoms with E-state index in [-0.39, 0.29) is 31.2 Å². The molecule has 1 amide bonds. The number of rotatable bonds is 5. The number of carbonyl (C=O) groups excluding carboxylic acids is 1. The molecule has 3 heterocycles. The van der Waals surface area contributed by atoms with E-state index in [1.165, 1.54) is 22.2 Å². The number of para-hydroxylation sites is 1. The summed E-state index contributed by atoms with van der Waals surface area (Å²) in [4.78, 5) is 33.6. The van der Waals surface area contributed by atoms with E-state index in [0.717, 1.165) is 11.3 Å². The van der Waals surface area contributed by atoms with Crippen LogP contribution in [0.2, 0.25) is 0 Å². The van der Waals surface area contributed by atoms with Gasteiger partial charge in [0.25, 0.3) is 5.56 Å². The molecule has 1 aliphatic rings. The van der Waals surface area contributed by atoms with E-state index < -0.39 is 0 Å². The maximum atomic E-state index is 12.5. The number of carbonyl (C=O) groups is 1. The average Bonchev–Trinajstić information content (AvgIpc) is 3.42. The third kappa shape index (κ3) is 3.50. The maximum Gasteiger partial charge on any atom is 0.261 e. The van der Waals surface area contributed by atoms with Crippen molar-refractivity contribution in [1.29, 1.82) is 0 Å². The highest BCUT2D eigenvalue weighted by molar-refractivity contribution is 7.14. The van der Waals surface area contributed by atoms with Crippen LogP contribution in [0.3, 0.4) is 0 Å². The van der Waals surface area contributed by atoms with E-state index in [9.17, 15) is 9.59 Å². The summed E-state index contributed by atoms with van der Waals surface area (Å²) in [6, 6.07) is 12.7. The third-order valence-electron chi connectivity index (χ3n) is 4.73. The number of aryl methyl sites for hydroxylation is 1. The van der Waals surface area contributed by atoms with Gasteiger partial charge in [0.2, 0.25) is 12.7 Å². The molecule has 2 aromatic heterocycles. The van der Waals surface area contributed by atoms with Gasteiger partial charge in [-0.25, -0.2) is 9.97 Å². The van der Waals surface area contributed by atoms with Crippen molar-refractivity contribution in [2.24, 2.45) is 0 Å². The van der Waals surface area contributed by atoms with Gasteiger partial charge in [-0.3, -0.25) is 14.2 Å². The largest absolute Gasteiger partial charge is 0.454 e. The Morgan fingerprint density at radius 1 is 1.17 bits per heavy atom. The number of nitrogens with one attached hydrogen (secondary N) is 1. The predicted molar refractivity (Wildman–Crippen MR) is 113 cm³/mol. The molecule has 8 nitrogen and oxygen atoms in total. The molecule has 0 fully saturated rings. The fourth-order valence-corrected chi connectivity index (χ4v) is 3.92. The van der Waals surface area contributed by atoms with Gasteiger partial charge in [0.1, 0.15) is 0 Å². The van der Waals surface area contributed by atoms with Crippen LogP contribution in [0, 0.1) is 0 Å². The summed E-state index contributed by atoms with van der Waals surface area (Å²) in [5, 5.41) is 5.69. The molecule has 0 spiro atoms. The lowest BCUT2D eigenvalue weighted by Crippen LogP contribution is -2.23. The zero-order valence-electron chi connectivity index (χ0n) is 15.7. The zero-order valence-corrected chi connectivity index (χ0v) is 16.5. The van der Waals surface area contributed by atoms with Crippen molar-refractivity contribution in [3.8, 4) is 22.8 Å². The number of hydrogen-bond acceptors (Lipinski definition) is 7. The van der Waals surface area contributed by atoms with Crippen LogP contribution in [0.4, 0.5) is 5.13 Å². The van der Waals surface area contributed by atoms with E-state index in [1.54, 1.807) is 18.2 Å². The molecule has 4 aromatic rings. The Kier molecular flexibility index (Phi) is 4.64. The van der Waals surface area contributed by atoms with Gasteiger partial charge in [-0.1, -0.05) is 12.1 Å². The van der Waals surface area contributed by atoms with Crippen molar-refractivity contribution in [1.82, 2.24) is 14.5 Å². The van der Waals surface area contributed by atoms with Gasteiger partial charge in [0, 0.05) is 23.9 Å². The molecule has 0 bridgehead atoms. The van der Waals surface area contributed by atoms with Crippen LogP contribution >= 0.6 is 11.3 Å². The molecule has 30 heavy (non-hydrogen) atoms. The van der Waals surface area contributed by atoms with Crippen molar-refractivity contribution in [2.75, 3.05) is 12.1 Å². The monoisotopic (exact) mass is 420 g/mol. The van der Waals surface area contributed by atoms with Crippen LogP contribution in [-0.2, 0) is 11.3 Å². The van der Waals surface area contributed by atoms with Crippen molar-refractivity contribution in [3.05, 3.63) is 64.5 Å². The van der Waals surface area contributed by atoms with Gasteiger partial charge < -0.3 is 14.8 Å². The van der Waals surface area contributed by atoms with Crippen molar-refractivity contribution >= 4 is 33.3 Å². The summed E-state index contributed by atoms with van der Waals surface area (Å²) >= 11 is 1.34. The fraction of sp³-hybridized carbons (Fsp3) is 0.143. The van der Waals surface area contributed by atoms with Crippen LogP contribution in [0.5, 0.6) is 11.5 Å². The minimum Gasteiger partial charge on any atom is -0.454 e. The number of amides is 1. The van der Waals surface area contributed by atoms with Gasteiger partial charge in [0.05, 0.1) is 22.9 Å². The number of thiazole rings is 1. The molecule has 150 valence electrons.